The molecule has 0 aliphatic heterocycles. The summed E-state index contributed by atoms with van der Waals surface area (Å²) >= 11 is 3.49. The monoisotopic (exact) mass is 332 g/mol. The van der Waals surface area contributed by atoms with Gasteiger partial charge in [-0.05, 0) is 36.8 Å². The summed E-state index contributed by atoms with van der Waals surface area (Å²) in [7, 11) is 0. The van der Waals surface area contributed by atoms with Crippen LogP contribution in [0.1, 0.15) is 12.0 Å². The van der Waals surface area contributed by atoms with Gasteiger partial charge < -0.3 is 10.6 Å². The van der Waals surface area contributed by atoms with Gasteiger partial charge in [-0.3, -0.25) is 4.79 Å². The third kappa shape index (κ3) is 4.38. The van der Waals surface area contributed by atoms with E-state index in [4.69, 9.17) is 0 Å². The fraction of sp³-hybridized carbons (Fsp3) is 0.188. The lowest BCUT2D eigenvalue weighted by atomic mass is 10.2. The van der Waals surface area contributed by atoms with E-state index in [2.05, 4.69) is 26.6 Å². The van der Waals surface area contributed by atoms with Gasteiger partial charge in [0, 0.05) is 28.8 Å². The van der Waals surface area contributed by atoms with Crippen LogP contribution in [0.5, 0.6) is 0 Å². The molecule has 0 aliphatic carbocycles. The number of rotatable bonds is 5. The molecule has 0 radical (unpaired) electrons. The zero-order chi connectivity index (χ0) is 14.4. The first-order valence-corrected chi connectivity index (χ1v) is 7.29. The number of hydrogen-bond acceptors (Lipinski definition) is 2. The predicted molar refractivity (Wildman–Crippen MR) is 87.1 cm³/mol. The van der Waals surface area contributed by atoms with Crippen molar-refractivity contribution < 1.29 is 4.79 Å². The summed E-state index contributed by atoms with van der Waals surface area (Å²) in [5.41, 5.74) is 3.03. The third-order valence-electron chi connectivity index (χ3n) is 2.91. The van der Waals surface area contributed by atoms with Gasteiger partial charge in [-0.1, -0.05) is 40.2 Å². The molecular formula is C16H17BrN2O. The molecule has 2 aromatic rings. The molecule has 0 atom stereocenters. The van der Waals surface area contributed by atoms with E-state index in [9.17, 15) is 4.79 Å². The van der Waals surface area contributed by atoms with Gasteiger partial charge in [-0.15, -0.1) is 0 Å². The van der Waals surface area contributed by atoms with E-state index in [0.29, 0.717) is 13.0 Å². The van der Waals surface area contributed by atoms with Gasteiger partial charge in [0.1, 0.15) is 0 Å². The number of halogens is 1. The summed E-state index contributed by atoms with van der Waals surface area (Å²) < 4.78 is 1.07. The topological polar surface area (TPSA) is 41.1 Å². The Morgan fingerprint density at radius 2 is 1.85 bits per heavy atom. The average Bonchev–Trinajstić information content (AvgIpc) is 2.44. The maximum Gasteiger partial charge on any atom is 0.226 e. The van der Waals surface area contributed by atoms with Crippen molar-refractivity contribution in [3.8, 4) is 0 Å². The van der Waals surface area contributed by atoms with Crippen LogP contribution < -0.4 is 10.6 Å². The average molecular weight is 333 g/mol. The number of benzene rings is 2. The standard InChI is InChI=1S/C16H17BrN2O/c1-12-7-8-14(11-15(12)17)18-10-9-16(20)19-13-5-3-2-4-6-13/h2-8,11,18H,9-10H2,1H3,(H,19,20). The van der Waals surface area contributed by atoms with Crippen LogP contribution in [0.4, 0.5) is 11.4 Å². The molecule has 3 nitrogen and oxygen atoms in total. The van der Waals surface area contributed by atoms with Gasteiger partial charge in [-0.25, -0.2) is 0 Å². The summed E-state index contributed by atoms with van der Waals surface area (Å²) in [6, 6.07) is 15.5. The van der Waals surface area contributed by atoms with E-state index >= 15 is 0 Å². The molecule has 0 fully saturated rings. The lowest BCUT2D eigenvalue weighted by molar-refractivity contribution is -0.115. The van der Waals surface area contributed by atoms with Crippen molar-refractivity contribution in [1.82, 2.24) is 0 Å². The lowest BCUT2D eigenvalue weighted by Gasteiger charge is -2.08. The number of anilines is 2. The van der Waals surface area contributed by atoms with Crippen LogP contribution in [0.15, 0.2) is 53.0 Å². The van der Waals surface area contributed by atoms with E-state index in [1.165, 1.54) is 5.56 Å². The molecule has 2 aromatic carbocycles. The van der Waals surface area contributed by atoms with Gasteiger partial charge in [0.25, 0.3) is 0 Å². The fourth-order valence-corrected chi connectivity index (χ4v) is 2.15. The maximum absolute atomic E-state index is 11.8. The molecule has 0 bridgehead atoms. The molecular weight excluding hydrogens is 316 g/mol. The smallest absolute Gasteiger partial charge is 0.226 e. The van der Waals surface area contributed by atoms with Crippen LogP contribution in [0.25, 0.3) is 0 Å². The van der Waals surface area contributed by atoms with Crippen LogP contribution in [0.3, 0.4) is 0 Å². The number of carbonyl (C=O) groups excluding carboxylic acids is 1. The summed E-state index contributed by atoms with van der Waals surface area (Å²) in [4.78, 5) is 11.8. The van der Waals surface area contributed by atoms with Crippen molar-refractivity contribution in [2.45, 2.75) is 13.3 Å². The fourth-order valence-electron chi connectivity index (χ4n) is 1.77. The van der Waals surface area contributed by atoms with Crippen molar-refractivity contribution in [2.24, 2.45) is 0 Å². The van der Waals surface area contributed by atoms with Gasteiger partial charge in [-0.2, -0.15) is 0 Å². The second-order valence-electron chi connectivity index (χ2n) is 4.55. The van der Waals surface area contributed by atoms with E-state index in [1.807, 2.05) is 55.5 Å². The third-order valence-corrected chi connectivity index (χ3v) is 3.76. The van der Waals surface area contributed by atoms with Crippen LogP contribution in [0, 0.1) is 6.92 Å². The first-order valence-electron chi connectivity index (χ1n) is 6.50. The Balaban J connectivity index is 1.78. The molecule has 0 aliphatic rings. The molecule has 0 aromatic heterocycles. The Labute approximate surface area is 127 Å². The highest BCUT2D eigenvalue weighted by Gasteiger charge is 2.02. The SMILES string of the molecule is Cc1ccc(NCCC(=O)Nc2ccccc2)cc1Br. The van der Waals surface area contributed by atoms with Crippen LogP contribution in [-0.2, 0) is 4.79 Å². The number of amides is 1. The second kappa shape index (κ2) is 7.10. The molecule has 0 heterocycles. The Hall–Kier alpha value is -1.81. The largest absolute Gasteiger partial charge is 0.384 e. The number of aryl methyl sites for hydroxylation is 1. The first-order chi connectivity index (χ1) is 9.65. The quantitative estimate of drug-likeness (QED) is 0.861. The minimum absolute atomic E-state index is 0.00915. The highest BCUT2D eigenvalue weighted by atomic mass is 79.9. The summed E-state index contributed by atoms with van der Waals surface area (Å²) in [5.74, 6) is 0.00915. The lowest BCUT2D eigenvalue weighted by Crippen LogP contribution is -2.16. The minimum atomic E-state index is 0.00915. The summed E-state index contributed by atoms with van der Waals surface area (Å²) in [6.45, 7) is 2.65. The zero-order valence-electron chi connectivity index (χ0n) is 11.3. The van der Waals surface area contributed by atoms with Crippen LogP contribution >= 0.6 is 15.9 Å². The van der Waals surface area contributed by atoms with E-state index < -0.39 is 0 Å². The van der Waals surface area contributed by atoms with E-state index in [0.717, 1.165) is 15.8 Å². The number of hydrogen-bond donors (Lipinski definition) is 2. The Morgan fingerprint density at radius 1 is 1.10 bits per heavy atom. The molecule has 2 rings (SSSR count). The van der Waals surface area contributed by atoms with Gasteiger partial charge in [0.05, 0.1) is 0 Å². The Bertz CT molecular complexity index is 584. The maximum atomic E-state index is 11.8. The highest BCUT2D eigenvalue weighted by molar-refractivity contribution is 9.10. The zero-order valence-corrected chi connectivity index (χ0v) is 12.9. The van der Waals surface area contributed by atoms with Crippen LogP contribution in [0.2, 0.25) is 0 Å². The predicted octanol–water partition coefficient (Wildman–Crippen LogP) is 4.20. The minimum Gasteiger partial charge on any atom is -0.384 e. The molecule has 0 saturated heterocycles. The number of nitrogens with one attached hydrogen (secondary N) is 2. The summed E-state index contributed by atoms with van der Waals surface area (Å²) in [5, 5.41) is 6.10. The number of para-hydroxylation sites is 1. The summed E-state index contributed by atoms with van der Waals surface area (Å²) in [6.07, 6.45) is 0.431. The van der Waals surface area contributed by atoms with Gasteiger partial charge >= 0.3 is 0 Å². The van der Waals surface area contributed by atoms with Gasteiger partial charge in [0.2, 0.25) is 5.91 Å². The first kappa shape index (κ1) is 14.6. The Kier molecular flexibility index (Phi) is 5.18. The molecule has 0 saturated carbocycles. The Morgan fingerprint density at radius 3 is 2.55 bits per heavy atom. The highest BCUT2D eigenvalue weighted by Crippen LogP contribution is 2.20. The van der Waals surface area contributed by atoms with Crippen molar-refractivity contribution >= 4 is 33.2 Å². The molecule has 104 valence electrons. The molecule has 2 N–H and O–H groups in total. The van der Waals surface area contributed by atoms with Crippen molar-refractivity contribution in [3.05, 3.63) is 58.6 Å². The second-order valence-corrected chi connectivity index (χ2v) is 5.41. The van der Waals surface area contributed by atoms with Crippen molar-refractivity contribution in [3.63, 3.8) is 0 Å². The van der Waals surface area contributed by atoms with Crippen molar-refractivity contribution in [1.29, 1.82) is 0 Å². The molecule has 4 heteroatoms. The molecule has 0 spiro atoms. The van der Waals surface area contributed by atoms with E-state index in [1.54, 1.807) is 0 Å². The number of carbonyl (C=O) groups is 1. The van der Waals surface area contributed by atoms with E-state index in [-0.39, 0.29) is 5.91 Å². The van der Waals surface area contributed by atoms with Crippen LogP contribution in [-0.4, -0.2) is 12.5 Å². The van der Waals surface area contributed by atoms with Crippen molar-refractivity contribution in [2.75, 3.05) is 17.2 Å². The molecule has 20 heavy (non-hydrogen) atoms. The normalized spacial score (nSPS) is 10.1. The molecule has 1 amide bonds. The molecule has 0 unspecified atom stereocenters. The van der Waals surface area contributed by atoms with Gasteiger partial charge in [0.15, 0.2) is 0 Å².